The summed E-state index contributed by atoms with van der Waals surface area (Å²) in [6.07, 6.45) is 0.0337. The lowest BCUT2D eigenvalue weighted by Gasteiger charge is -2.17. The van der Waals surface area contributed by atoms with Gasteiger partial charge in [0.05, 0.1) is 6.61 Å². The Morgan fingerprint density at radius 2 is 2.19 bits per heavy atom. The van der Waals surface area contributed by atoms with Gasteiger partial charge in [-0.15, -0.1) is 0 Å². The van der Waals surface area contributed by atoms with E-state index in [1.54, 1.807) is 0 Å². The zero-order valence-electron chi connectivity index (χ0n) is 9.70. The van der Waals surface area contributed by atoms with Crippen LogP contribution in [-0.4, -0.2) is 19.3 Å². The maximum Gasteiger partial charge on any atom is 0.124 e. The minimum absolute atomic E-state index is 0.0337. The number of rotatable bonds is 6. The second kappa shape index (κ2) is 6.89. The Morgan fingerprint density at radius 3 is 2.81 bits per heavy atom. The van der Waals surface area contributed by atoms with Crippen LogP contribution in [0.2, 0.25) is 0 Å². The van der Waals surface area contributed by atoms with Gasteiger partial charge in [-0.05, 0) is 32.0 Å². The zero-order valence-corrected chi connectivity index (χ0v) is 11.3. The third-order valence-corrected chi connectivity index (χ3v) is 2.62. The summed E-state index contributed by atoms with van der Waals surface area (Å²) in [6, 6.07) is 5.85. The van der Waals surface area contributed by atoms with Crippen LogP contribution in [0.1, 0.15) is 19.4 Å². The molecule has 1 aromatic rings. The van der Waals surface area contributed by atoms with E-state index in [4.69, 9.17) is 15.2 Å². The predicted molar refractivity (Wildman–Crippen MR) is 68.6 cm³/mol. The van der Waals surface area contributed by atoms with E-state index >= 15 is 0 Å². The van der Waals surface area contributed by atoms with Gasteiger partial charge in [0.25, 0.3) is 0 Å². The van der Waals surface area contributed by atoms with Crippen molar-refractivity contribution in [3.05, 3.63) is 28.2 Å². The highest BCUT2D eigenvalue weighted by Crippen LogP contribution is 2.23. The summed E-state index contributed by atoms with van der Waals surface area (Å²) >= 11 is 3.41. The van der Waals surface area contributed by atoms with Gasteiger partial charge in [0, 0.05) is 23.2 Å². The molecule has 0 aliphatic carbocycles. The van der Waals surface area contributed by atoms with Crippen molar-refractivity contribution in [2.75, 3.05) is 13.2 Å². The largest absolute Gasteiger partial charge is 0.488 e. The lowest BCUT2D eigenvalue weighted by atomic mass is 10.2. The number of benzene rings is 1. The molecular weight excluding hydrogens is 270 g/mol. The second-order valence-electron chi connectivity index (χ2n) is 3.54. The van der Waals surface area contributed by atoms with Crippen LogP contribution in [0, 0.1) is 0 Å². The fraction of sp³-hybridized carbons (Fsp3) is 0.500. The Labute approximate surface area is 105 Å². The molecule has 1 aromatic carbocycles. The van der Waals surface area contributed by atoms with Crippen LogP contribution in [-0.2, 0) is 11.3 Å². The summed E-state index contributed by atoms with van der Waals surface area (Å²) in [5.41, 5.74) is 6.66. The van der Waals surface area contributed by atoms with Gasteiger partial charge in [0.1, 0.15) is 11.9 Å². The molecule has 0 radical (unpaired) electrons. The highest BCUT2D eigenvalue weighted by Gasteiger charge is 2.08. The molecule has 0 aliphatic rings. The van der Waals surface area contributed by atoms with E-state index in [2.05, 4.69) is 15.9 Å². The van der Waals surface area contributed by atoms with E-state index in [1.165, 1.54) is 0 Å². The molecule has 0 aromatic heterocycles. The number of hydrogen-bond acceptors (Lipinski definition) is 3. The molecule has 1 atom stereocenters. The summed E-state index contributed by atoms with van der Waals surface area (Å²) in [6.45, 7) is 5.72. The summed E-state index contributed by atoms with van der Waals surface area (Å²) in [7, 11) is 0. The van der Waals surface area contributed by atoms with E-state index in [1.807, 2.05) is 32.0 Å². The summed E-state index contributed by atoms with van der Waals surface area (Å²) in [4.78, 5) is 0. The molecule has 0 amide bonds. The van der Waals surface area contributed by atoms with Gasteiger partial charge in [-0.3, -0.25) is 0 Å². The first-order chi connectivity index (χ1) is 7.67. The third kappa shape index (κ3) is 4.12. The lowest BCUT2D eigenvalue weighted by molar-refractivity contribution is 0.0652. The number of halogens is 1. The van der Waals surface area contributed by atoms with Gasteiger partial charge in [0.2, 0.25) is 0 Å². The van der Waals surface area contributed by atoms with Gasteiger partial charge in [-0.1, -0.05) is 15.9 Å². The monoisotopic (exact) mass is 287 g/mol. The molecule has 0 heterocycles. The van der Waals surface area contributed by atoms with Crippen LogP contribution in [0.5, 0.6) is 5.75 Å². The van der Waals surface area contributed by atoms with E-state index in [0.29, 0.717) is 19.8 Å². The van der Waals surface area contributed by atoms with Crippen molar-refractivity contribution in [2.24, 2.45) is 5.73 Å². The first-order valence-electron chi connectivity index (χ1n) is 5.40. The Kier molecular flexibility index (Phi) is 5.80. The maximum absolute atomic E-state index is 5.77. The second-order valence-corrected chi connectivity index (χ2v) is 4.46. The Balaban J connectivity index is 2.65. The fourth-order valence-corrected chi connectivity index (χ4v) is 1.77. The smallest absolute Gasteiger partial charge is 0.124 e. The molecule has 1 unspecified atom stereocenters. The fourth-order valence-electron chi connectivity index (χ4n) is 1.36. The van der Waals surface area contributed by atoms with Crippen molar-refractivity contribution >= 4 is 15.9 Å². The van der Waals surface area contributed by atoms with Crippen molar-refractivity contribution in [1.82, 2.24) is 0 Å². The van der Waals surface area contributed by atoms with Gasteiger partial charge in [-0.25, -0.2) is 0 Å². The topological polar surface area (TPSA) is 44.5 Å². The minimum Gasteiger partial charge on any atom is -0.488 e. The summed E-state index contributed by atoms with van der Waals surface area (Å²) in [5.74, 6) is 0.831. The average molecular weight is 288 g/mol. The van der Waals surface area contributed by atoms with Crippen LogP contribution in [0.3, 0.4) is 0 Å². The molecule has 16 heavy (non-hydrogen) atoms. The van der Waals surface area contributed by atoms with E-state index in [9.17, 15) is 0 Å². The lowest BCUT2D eigenvalue weighted by Crippen LogP contribution is -2.20. The first kappa shape index (κ1) is 13.5. The minimum atomic E-state index is 0.0337. The molecule has 0 spiro atoms. The van der Waals surface area contributed by atoms with Crippen LogP contribution >= 0.6 is 15.9 Å². The summed E-state index contributed by atoms with van der Waals surface area (Å²) < 4.78 is 12.1. The van der Waals surface area contributed by atoms with Crippen molar-refractivity contribution in [3.63, 3.8) is 0 Å². The van der Waals surface area contributed by atoms with Crippen molar-refractivity contribution < 1.29 is 9.47 Å². The maximum atomic E-state index is 5.77. The molecule has 0 saturated carbocycles. The molecule has 0 fully saturated rings. The predicted octanol–water partition coefficient (Wildman–Crippen LogP) is 2.71. The Morgan fingerprint density at radius 1 is 1.44 bits per heavy atom. The summed E-state index contributed by atoms with van der Waals surface area (Å²) in [5, 5.41) is 0. The highest BCUT2D eigenvalue weighted by molar-refractivity contribution is 9.10. The van der Waals surface area contributed by atoms with E-state index in [-0.39, 0.29) is 6.10 Å². The first-order valence-corrected chi connectivity index (χ1v) is 6.19. The van der Waals surface area contributed by atoms with Gasteiger partial charge >= 0.3 is 0 Å². The normalized spacial score (nSPS) is 12.5. The average Bonchev–Trinajstić information content (AvgIpc) is 2.28. The van der Waals surface area contributed by atoms with Crippen LogP contribution in [0.4, 0.5) is 0 Å². The van der Waals surface area contributed by atoms with Crippen LogP contribution in [0.25, 0.3) is 0 Å². The highest BCUT2D eigenvalue weighted by atomic mass is 79.9. The van der Waals surface area contributed by atoms with Crippen molar-refractivity contribution in [3.8, 4) is 5.75 Å². The SMILES string of the molecule is CCOCC(C)Oc1ccc(Br)cc1CN. The standard InChI is InChI=1S/C12H18BrNO2/c1-3-15-8-9(2)16-12-5-4-11(13)6-10(12)7-14/h4-6,9H,3,7-8,14H2,1-2H3. The van der Waals surface area contributed by atoms with Crippen molar-refractivity contribution in [2.45, 2.75) is 26.5 Å². The molecule has 4 heteroatoms. The molecule has 3 nitrogen and oxygen atoms in total. The number of hydrogen-bond donors (Lipinski definition) is 1. The molecule has 0 bridgehead atoms. The Bertz CT molecular complexity index is 331. The van der Waals surface area contributed by atoms with E-state index in [0.717, 1.165) is 15.8 Å². The number of nitrogens with two attached hydrogens (primary N) is 1. The zero-order chi connectivity index (χ0) is 12.0. The van der Waals surface area contributed by atoms with Crippen molar-refractivity contribution in [1.29, 1.82) is 0 Å². The number of ether oxygens (including phenoxy) is 2. The quantitative estimate of drug-likeness (QED) is 0.875. The van der Waals surface area contributed by atoms with Gasteiger partial charge in [-0.2, -0.15) is 0 Å². The third-order valence-electron chi connectivity index (χ3n) is 2.13. The van der Waals surface area contributed by atoms with Gasteiger partial charge in [0.15, 0.2) is 0 Å². The molecule has 0 saturated heterocycles. The molecule has 0 aliphatic heterocycles. The van der Waals surface area contributed by atoms with Crippen LogP contribution < -0.4 is 10.5 Å². The molecule has 1 rings (SSSR count). The van der Waals surface area contributed by atoms with Gasteiger partial charge < -0.3 is 15.2 Å². The van der Waals surface area contributed by atoms with Crippen LogP contribution in [0.15, 0.2) is 22.7 Å². The Hall–Kier alpha value is -0.580. The molecular formula is C12H18BrNO2. The molecule has 2 N–H and O–H groups in total. The molecule has 90 valence electrons. The van der Waals surface area contributed by atoms with E-state index < -0.39 is 0 Å².